The first kappa shape index (κ1) is 15.6. The lowest BCUT2D eigenvalue weighted by Gasteiger charge is -2.10. The van der Waals surface area contributed by atoms with E-state index in [0.29, 0.717) is 45.1 Å². The van der Waals surface area contributed by atoms with Gasteiger partial charge in [-0.05, 0) is 38.1 Å². The van der Waals surface area contributed by atoms with E-state index < -0.39 is 0 Å². The number of aryl methyl sites for hydroxylation is 1. The summed E-state index contributed by atoms with van der Waals surface area (Å²) in [4.78, 5) is 21.4. The summed E-state index contributed by atoms with van der Waals surface area (Å²) in [6.07, 6.45) is 0. The molecule has 6 heteroatoms. The van der Waals surface area contributed by atoms with E-state index in [4.69, 9.17) is 14.6 Å². The summed E-state index contributed by atoms with van der Waals surface area (Å²) in [5.74, 6) is 0.975. The van der Waals surface area contributed by atoms with Crippen molar-refractivity contribution in [3.63, 3.8) is 0 Å². The second kappa shape index (κ2) is 5.41. The minimum Gasteiger partial charge on any atom is -0.452 e. The number of benzene rings is 3. The highest BCUT2D eigenvalue weighted by Gasteiger charge is 2.20. The highest BCUT2D eigenvalue weighted by Crippen LogP contribution is 2.34. The molecule has 1 aliphatic carbocycles. The fourth-order valence-electron chi connectivity index (χ4n) is 3.34. The number of nitrogens with zero attached hydrogens (tertiary/aromatic N) is 2. The SMILES string of the molecule is Cc1c2oc3c(C)c4oc(-c5ccccc5)nc4cc3nc-2cc(N)c1=O. The van der Waals surface area contributed by atoms with Crippen molar-refractivity contribution in [1.29, 1.82) is 0 Å². The van der Waals surface area contributed by atoms with Gasteiger partial charge in [0.05, 0.1) is 5.69 Å². The van der Waals surface area contributed by atoms with E-state index in [2.05, 4.69) is 9.97 Å². The number of hydrogen-bond acceptors (Lipinski definition) is 6. The summed E-state index contributed by atoms with van der Waals surface area (Å²) in [5, 5.41) is 0. The molecule has 0 atom stereocenters. The maximum absolute atomic E-state index is 12.1. The Morgan fingerprint density at radius 3 is 2.37 bits per heavy atom. The van der Waals surface area contributed by atoms with Gasteiger partial charge >= 0.3 is 0 Å². The molecular weight excluding hydrogens is 342 g/mol. The van der Waals surface area contributed by atoms with Gasteiger partial charge in [0.25, 0.3) is 0 Å². The molecule has 1 aliphatic heterocycles. The van der Waals surface area contributed by atoms with E-state index in [9.17, 15) is 4.79 Å². The highest BCUT2D eigenvalue weighted by molar-refractivity contribution is 5.95. The van der Waals surface area contributed by atoms with E-state index >= 15 is 0 Å². The Morgan fingerprint density at radius 1 is 0.889 bits per heavy atom. The Balaban J connectivity index is 1.85. The quantitative estimate of drug-likeness (QED) is 0.355. The van der Waals surface area contributed by atoms with Crippen LogP contribution >= 0.6 is 0 Å². The molecule has 2 N–H and O–H groups in total. The van der Waals surface area contributed by atoms with Crippen molar-refractivity contribution < 1.29 is 8.83 Å². The summed E-state index contributed by atoms with van der Waals surface area (Å²) in [7, 11) is 0. The predicted molar refractivity (Wildman–Crippen MR) is 104 cm³/mol. The van der Waals surface area contributed by atoms with E-state index in [0.717, 1.165) is 11.1 Å². The maximum atomic E-state index is 12.1. The topological polar surface area (TPSA) is 95.2 Å². The van der Waals surface area contributed by atoms with Crippen molar-refractivity contribution in [2.45, 2.75) is 13.8 Å². The molecule has 0 unspecified atom stereocenters. The number of fused-ring (bicyclic) bond motifs is 3. The van der Waals surface area contributed by atoms with Crippen LogP contribution in [0.25, 0.3) is 45.1 Å². The lowest BCUT2D eigenvalue weighted by atomic mass is 10.1. The highest BCUT2D eigenvalue weighted by atomic mass is 16.4. The third kappa shape index (κ3) is 2.23. The van der Waals surface area contributed by atoms with Crippen LogP contribution in [-0.4, -0.2) is 9.97 Å². The molecule has 2 heterocycles. The van der Waals surface area contributed by atoms with Gasteiger partial charge in [0.1, 0.15) is 16.7 Å². The third-order valence-electron chi connectivity index (χ3n) is 4.77. The monoisotopic (exact) mass is 357 g/mol. The number of nitrogens with two attached hydrogens (primary N) is 1. The molecule has 132 valence electrons. The number of rotatable bonds is 1. The summed E-state index contributed by atoms with van der Waals surface area (Å²) < 4.78 is 12.1. The van der Waals surface area contributed by atoms with Gasteiger partial charge in [0.2, 0.25) is 11.3 Å². The van der Waals surface area contributed by atoms with Gasteiger partial charge in [-0.1, -0.05) is 18.2 Å². The summed E-state index contributed by atoms with van der Waals surface area (Å²) in [5.41, 5.74) is 10.9. The maximum Gasteiger partial charge on any atom is 0.227 e. The van der Waals surface area contributed by atoms with Gasteiger partial charge in [0.15, 0.2) is 16.9 Å². The lowest BCUT2D eigenvalue weighted by molar-refractivity contribution is 0.597. The molecule has 3 aromatic rings. The Kier molecular flexibility index (Phi) is 3.12. The van der Waals surface area contributed by atoms with Crippen molar-refractivity contribution in [2.75, 3.05) is 5.73 Å². The van der Waals surface area contributed by atoms with Crippen molar-refractivity contribution in [1.82, 2.24) is 9.97 Å². The second-order valence-corrected chi connectivity index (χ2v) is 6.57. The van der Waals surface area contributed by atoms with Gasteiger partial charge in [-0.25, -0.2) is 9.97 Å². The molecule has 0 fully saturated rings. The molecule has 0 saturated carbocycles. The second-order valence-electron chi connectivity index (χ2n) is 6.57. The largest absolute Gasteiger partial charge is 0.452 e. The Morgan fingerprint density at radius 2 is 1.59 bits per heavy atom. The molecule has 2 aromatic carbocycles. The molecule has 27 heavy (non-hydrogen) atoms. The first-order valence-electron chi connectivity index (χ1n) is 8.52. The smallest absolute Gasteiger partial charge is 0.227 e. The van der Waals surface area contributed by atoms with Gasteiger partial charge in [-0.2, -0.15) is 0 Å². The standard InChI is InChI=1S/C21H15N3O3/c1-10-17(25)13(22)8-14-18(10)26-19-11(2)20-16(9-15(19)23-14)24-21(27-20)12-6-4-3-5-7-12/h3-9H,22H2,1-2H3. The molecule has 0 bridgehead atoms. The van der Waals surface area contributed by atoms with Crippen LogP contribution in [0.5, 0.6) is 0 Å². The van der Waals surface area contributed by atoms with Gasteiger partial charge in [-0.15, -0.1) is 0 Å². The fourth-order valence-corrected chi connectivity index (χ4v) is 3.34. The number of hydrogen-bond donors (Lipinski definition) is 1. The van der Waals surface area contributed by atoms with Crippen LogP contribution in [0.15, 0.2) is 56.1 Å². The first-order valence-corrected chi connectivity index (χ1v) is 8.52. The molecule has 2 aliphatic rings. The van der Waals surface area contributed by atoms with Crippen molar-refractivity contribution in [3.05, 3.63) is 63.8 Å². The fraction of sp³-hybridized carbons (Fsp3) is 0.0952. The molecule has 0 saturated heterocycles. The van der Waals surface area contributed by atoms with E-state index in [-0.39, 0.29) is 11.1 Å². The van der Waals surface area contributed by atoms with Crippen LogP contribution in [0.3, 0.4) is 0 Å². The normalized spacial score (nSPS) is 11.6. The minimum atomic E-state index is -0.239. The predicted octanol–water partition coefficient (Wildman–Crippen LogP) is 4.30. The average Bonchev–Trinajstić information content (AvgIpc) is 3.11. The Bertz CT molecular complexity index is 1370. The van der Waals surface area contributed by atoms with Crippen molar-refractivity contribution >= 4 is 27.9 Å². The van der Waals surface area contributed by atoms with Crippen LogP contribution in [0, 0.1) is 13.8 Å². The van der Waals surface area contributed by atoms with Crippen LogP contribution in [0.2, 0.25) is 0 Å². The van der Waals surface area contributed by atoms with Crippen LogP contribution in [0.4, 0.5) is 5.69 Å². The van der Waals surface area contributed by atoms with Crippen molar-refractivity contribution in [3.8, 4) is 22.9 Å². The van der Waals surface area contributed by atoms with Gasteiger partial charge in [0, 0.05) is 16.7 Å². The number of aromatic nitrogens is 2. The van der Waals surface area contributed by atoms with Crippen LogP contribution < -0.4 is 11.2 Å². The Labute approximate surface area is 153 Å². The first-order chi connectivity index (χ1) is 13.0. The summed E-state index contributed by atoms with van der Waals surface area (Å²) in [6.45, 7) is 3.58. The zero-order chi connectivity index (χ0) is 18.7. The molecule has 0 amide bonds. The summed E-state index contributed by atoms with van der Waals surface area (Å²) >= 11 is 0. The van der Waals surface area contributed by atoms with E-state index in [1.807, 2.05) is 43.3 Å². The summed E-state index contributed by atoms with van der Waals surface area (Å²) in [6, 6.07) is 13.1. The number of anilines is 1. The zero-order valence-electron chi connectivity index (χ0n) is 14.7. The third-order valence-corrected chi connectivity index (χ3v) is 4.77. The van der Waals surface area contributed by atoms with E-state index in [1.54, 1.807) is 13.0 Å². The van der Waals surface area contributed by atoms with Gasteiger partial charge < -0.3 is 14.6 Å². The molecule has 5 rings (SSSR count). The zero-order valence-corrected chi connectivity index (χ0v) is 14.7. The number of nitrogen functional groups attached to an aromatic ring is 1. The van der Waals surface area contributed by atoms with Crippen LogP contribution in [-0.2, 0) is 0 Å². The lowest BCUT2D eigenvalue weighted by Crippen LogP contribution is -2.13. The molecule has 0 spiro atoms. The minimum absolute atomic E-state index is 0.160. The van der Waals surface area contributed by atoms with Gasteiger partial charge in [-0.3, -0.25) is 4.79 Å². The van der Waals surface area contributed by atoms with Crippen LogP contribution in [0.1, 0.15) is 11.1 Å². The molecule has 1 aromatic heterocycles. The van der Waals surface area contributed by atoms with E-state index in [1.165, 1.54) is 0 Å². The van der Waals surface area contributed by atoms with Crippen molar-refractivity contribution in [2.24, 2.45) is 0 Å². The number of oxazole rings is 1. The molecule has 0 radical (unpaired) electrons. The molecular formula is C21H15N3O3. The molecule has 6 nitrogen and oxygen atoms in total. The Hall–Kier alpha value is -3.67. The average molecular weight is 357 g/mol.